The second kappa shape index (κ2) is 5.58. The molecular formula is C15H15N3O2S2. The van der Waals surface area contributed by atoms with Crippen LogP contribution in [0.2, 0.25) is 0 Å². The van der Waals surface area contributed by atoms with E-state index in [0.29, 0.717) is 9.90 Å². The van der Waals surface area contributed by atoms with E-state index in [-0.39, 0.29) is 0 Å². The first-order chi connectivity index (χ1) is 10.4. The minimum Gasteiger partial charge on any atom is -0.282 e. The maximum absolute atomic E-state index is 12.3. The van der Waals surface area contributed by atoms with Gasteiger partial charge in [0.25, 0.3) is 10.0 Å². The van der Waals surface area contributed by atoms with Gasteiger partial charge in [0.05, 0.1) is 5.69 Å². The lowest BCUT2D eigenvalue weighted by molar-refractivity contribution is 0.603. The Morgan fingerprint density at radius 1 is 1.14 bits per heavy atom. The molecule has 0 spiro atoms. The molecule has 2 aromatic heterocycles. The Morgan fingerprint density at radius 3 is 2.59 bits per heavy atom. The van der Waals surface area contributed by atoms with E-state index in [0.717, 1.165) is 21.8 Å². The average Bonchev–Trinajstić information content (AvgIpc) is 3.08. The Morgan fingerprint density at radius 2 is 1.95 bits per heavy atom. The van der Waals surface area contributed by atoms with Gasteiger partial charge in [0, 0.05) is 21.8 Å². The normalized spacial score (nSPS) is 11.5. The number of benzene rings is 1. The van der Waals surface area contributed by atoms with Gasteiger partial charge in [-0.25, -0.2) is 8.42 Å². The highest BCUT2D eigenvalue weighted by Gasteiger charge is 2.16. The van der Waals surface area contributed by atoms with Crippen molar-refractivity contribution in [2.24, 2.45) is 0 Å². The summed E-state index contributed by atoms with van der Waals surface area (Å²) in [6.45, 7) is 3.80. The van der Waals surface area contributed by atoms with Crippen LogP contribution in [0.4, 0.5) is 5.69 Å². The van der Waals surface area contributed by atoms with Gasteiger partial charge in [0.15, 0.2) is 0 Å². The molecule has 3 rings (SSSR count). The zero-order chi connectivity index (χ0) is 15.7. The molecule has 0 saturated carbocycles. The number of rotatable bonds is 4. The molecular weight excluding hydrogens is 318 g/mol. The molecule has 22 heavy (non-hydrogen) atoms. The van der Waals surface area contributed by atoms with Gasteiger partial charge in [-0.1, -0.05) is 12.1 Å². The second-order valence-electron chi connectivity index (χ2n) is 4.99. The summed E-state index contributed by atoms with van der Waals surface area (Å²) in [5.41, 5.74) is 3.11. The maximum atomic E-state index is 12.3. The Bertz CT molecular complexity index is 910. The maximum Gasteiger partial charge on any atom is 0.271 e. The molecule has 2 heterocycles. The third-order valence-electron chi connectivity index (χ3n) is 3.10. The number of anilines is 1. The molecule has 0 aliphatic rings. The minimum absolute atomic E-state index is 0.311. The average molecular weight is 333 g/mol. The zero-order valence-corrected chi connectivity index (χ0v) is 13.8. The standard InChI is InChI=1S/C15H15N3O2S2/c1-10-8-14(17-16-10)12-4-3-5-13(9-12)18-22(19,20)15-7-6-11(2)21-15/h3-9,18H,1-2H3,(H,16,17). The molecule has 0 saturated heterocycles. The number of thiophene rings is 1. The molecule has 2 N–H and O–H groups in total. The highest BCUT2D eigenvalue weighted by molar-refractivity contribution is 7.94. The van der Waals surface area contributed by atoms with Crippen LogP contribution in [0.15, 0.2) is 46.7 Å². The smallest absolute Gasteiger partial charge is 0.271 e. The summed E-state index contributed by atoms with van der Waals surface area (Å²) < 4.78 is 27.6. The second-order valence-corrected chi connectivity index (χ2v) is 8.18. The predicted octanol–water partition coefficient (Wildman–Crippen LogP) is 3.56. The molecule has 0 amide bonds. The monoisotopic (exact) mass is 333 g/mol. The summed E-state index contributed by atoms with van der Waals surface area (Å²) in [5.74, 6) is 0. The first-order valence-electron chi connectivity index (χ1n) is 6.66. The van der Waals surface area contributed by atoms with Gasteiger partial charge in [-0.15, -0.1) is 11.3 Å². The quantitative estimate of drug-likeness (QED) is 0.766. The van der Waals surface area contributed by atoms with Crippen LogP contribution in [0, 0.1) is 13.8 Å². The number of H-pyrrole nitrogens is 1. The Hall–Kier alpha value is -2.12. The highest BCUT2D eigenvalue weighted by atomic mass is 32.2. The van der Waals surface area contributed by atoms with Crippen LogP contribution in [0.5, 0.6) is 0 Å². The Labute approximate surface area is 133 Å². The summed E-state index contributed by atoms with van der Waals surface area (Å²) in [6, 6.07) is 12.5. The molecule has 1 aromatic carbocycles. The lowest BCUT2D eigenvalue weighted by Crippen LogP contribution is -2.11. The van der Waals surface area contributed by atoms with Crippen LogP contribution in [0.25, 0.3) is 11.3 Å². The van der Waals surface area contributed by atoms with E-state index < -0.39 is 10.0 Å². The van der Waals surface area contributed by atoms with Gasteiger partial charge in [-0.05, 0) is 44.2 Å². The van der Waals surface area contributed by atoms with Crippen molar-refractivity contribution in [2.45, 2.75) is 18.1 Å². The number of nitrogens with one attached hydrogen (secondary N) is 2. The third kappa shape index (κ3) is 3.05. The predicted molar refractivity (Wildman–Crippen MR) is 88.6 cm³/mol. The lowest BCUT2D eigenvalue weighted by atomic mass is 10.1. The largest absolute Gasteiger partial charge is 0.282 e. The fourth-order valence-electron chi connectivity index (χ4n) is 2.07. The molecule has 0 atom stereocenters. The summed E-state index contributed by atoms with van der Waals surface area (Å²) in [5, 5.41) is 7.06. The van der Waals surface area contributed by atoms with Gasteiger partial charge in [0.2, 0.25) is 0 Å². The summed E-state index contributed by atoms with van der Waals surface area (Å²) in [6.07, 6.45) is 0. The Kier molecular flexibility index (Phi) is 3.76. The summed E-state index contributed by atoms with van der Waals surface area (Å²) >= 11 is 1.25. The number of aryl methyl sites for hydroxylation is 2. The van der Waals surface area contributed by atoms with E-state index in [4.69, 9.17) is 0 Å². The van der Waals surface area contributed by atoms with Crippen molar-refractivity contribution in [1.82, 2.24) is 10.2 Å². The zero-order valence-electron chi connectivity index (χ0n) is 12.1. The topological polar surface area (TPSA) is 74.8 Å². The van der Waals surface area contributed by atoms with Crippen molar-refractivity contribution in [3.63, 3.8) is 0 Å². The van der Waals surface area contributed by atoms with Crippen LogP contribution < -0.4 is 4.72 Å². The van der Waals surface area contributed by atoms with E-state index in [1.807, 2.05) is 26.0 Å². The van der Waals surface area contributed by atoms with Crippen LogP contribution in [-0.4, -0.2) is 18.6 Å². The number of hydrogen-bond acceptors (Lipinski definition) is 4. The number of hydrogen-bond donors (Lipinski definition) is 2. The lowest BCUT2D eigenvalue weighted by Gasteiger charge is -2.07. The fraction of sp³-hybridized carbons (Fsp3) is 0.133. The van der Waals surface area contributed by atoms with Crippen molar-refractivity contribution >= 4 is 27.0 Å². The molecule has 0 fully saturated rings. The van der Waals surface area contributed by atoms with Crippen LogP contribution >= 0.6 is 11.3 Å². The van der Waals surface area contributed by atoms with Gasteiger partial charge in [-0.2, -0.15) is 5.10 Å². The highest BCUT2D eigenvalue weighted by Crippen LogP contribution is 2.26. The van der Waals surface area contributed by atoms with Crippen molar-refractivity contribution in [1.29, 1.82) is 0 Å². The molecule has 7 heteroatoms. The summed E-state index contributed by atoms with van der Waals surface area (Å²) in [4.78, 5) is 0.959. The van der Waals surface area contributed by atoms with Gasteiger partial charge >= 0.3 is 0 Å². The van der Waals surface area contributed by atoms with E-state index >= 15 is 0 Å². The molecule has 0 aliphatic heterocycles. The van der Waals surface area contributed by atoms with Crippen molar-refractivity contribution < 1.29 is 8.42 Å². The number of nitrogens with zero attached hydrogens (tertiary/aromatic N) is 1. The molecule has 114 valence electrons. The fourth-order valence-corrected chi connectivity index (χ4v) is 4.40. The molecule has 0 aliphatic carbocycles. The summed E-state index contributed by atoms with van der Waals surface area (Å²) in [7, 11) is -3.55. The Balaban J connectivity index is 1.90. The number of aromatic amines is 1. The van der Waals surface area contributed by atoms with Gasteiger partial charge < -0.3 is 0 Å². The van der Waals surface area contributed by atoms with E-state index in [2.05, 4.69) is 14.9 Å². The first kappa shape index (κ1) is 14.8. The van der Waals surface area contributed by atoms with Crippen molar-refractivity contribution in [2.75, 3.05) is 4.72 Å². The molecule has 0 bridgehead atoms. The van der Waals surface area contributed by atoms with Crippen molar-refractivity contribution in [3.8, 4) is 11.3 Å². The van der Waals surface area contributed by atoms with E-state index in [9.17, 15) is 8.42 Å². The minimum atomic E-state index is -3.55. The third-order valence-corrected chi connectivity index (χ3v) is 5.97. The molecule has 0 radical (unpaired) electrons. The van der Waals surface area contributed by atoms with Gasteiger partial charge in [-0.3, -0.25) is 9.82 Å². The van der Waals surface area contributed by atoms with Crippen molar-refractivity contribution in [3.05, 3.63) is 53.0 Å². The molecule has 0 unspecified atom stereocenters. The number of aromatic nitrogens is 2. The SMILES string of the molecule is Cc1cc(-c2cccc(NS(=O)(=O)c3ccc(C)s3)c2)n[nH]1. The molecule has 3 aromatic rings. The number of sulfonamides is 1. The van der Waals surface area contributed by atoms with Crippen LogP contribution in [0.3, 0.4) is 0 Å². The first-order valence-corrected chi connectivity index (χ1v) is 8.96. The van der Waals surface area contributed by atoms with Crippen LogP contribution in [-0.2, 0) is 10.0 Å². The molecule has 5 nitrogen and oxygen atoms in total. The van der Waals surface area contributed by atoms with E-state index in [1.165, 1.54) is 11.3 Å². The van der Waals surface area contributed by atoms with Crippen LogP contribution in [0.1, 0.15) is 10.6 Å². The van der Waals surface area contributed by atoms with Gasteiger partial charge in [0.1, 0.15) is 4.21 Å². The van der Waals surface area contributed by atoms with E-state index in [1.54, 1.807) is 30.3 Å².